The van der Waals surface area contributed by atoms with Crippen LogP contribution in [0.5, 0.6) is 0 Å². The van der Waals surface area contributed by atoms with Gasteiger partial charge in [0.1, 0.15) is 11.6 Å². The van der Waals surface area contributed by atoms with Crippen LogP contribution in [-0.4, -0.2) is 4.57 Å². The van der Waals surface area contributed by atoms with Crippen molar-refractivity contribution in [3.8, 4) is 0 Å². The van der Waals surface area contributed by atoms with Gasteiger partial charge in [-0.25, -0.2) is 8.78 Å². The van der Waals surface area contributed by atoms with Gasteiger partial charge >= 0.3 is 0 Å². The average molecular weight is 327 g/mol. The van der Waals surface area contributed by atoms with Crippen LogP contribution in [0.4, 0.5) is 8.78 Å². The molecule has 0 bridgehead atoms. The zero-order valence-electron chi connectivity index (χ0n) is 11.9. The van der Waals surface area contributed by atoms with Crippen LogP contribution in [0.2, 0.25) is 0 Å². The van der Waals surface area contributed by atoms with E-state index in [-0.39, 0.29) is 21.7 Å². The van der Waals surface area contributed by atoms with Crippen molar-refractivity contribution in [1.29, 1.82) is 0 Å². The maximum absolute atomic E-state index is 14.4. The Balaban J connectivity index is 2.19. The highest BCUT2D eigenvalue weighted by Crippen LogP contribution is 2.28. The van der Waals surface area contributed by atoms with E-state index in [0.29, 0.717) is 12.1 Å². The molecule has 0 N–H and O–H groups in total. The first-order valence-electron chi connectivity index (χ1n) is 7.08. The molecule has 0 saturated heterocycles. The summed E-state index contributed by atoms with van der Waals surface area (Å²) in [5.74, 6) is -1.12. The molecule has 2 aromatic heterocycles. The lowest BCUT2D eigenvalue weighted by Crippen LogP contribution is -2.21. The first kappa shape index (κ1) is 14.1. The number of halogens is 2. The molecule has 114 valence electrons. The predicted molar refractivity (Wildman–Crippen MR) is 89.1 cm³/mol. The second-order valence-corrected chi connectivity index (χ2v) is 6.30. The molecule has 2 nitrogen and oxygen atoms in total. The van der Waals surface area contributed by atoms with Crippen molar-refractivity contribution in [3.63, 3.8) is 0 Å². The van der Waals surface area contributed by atoms with Gasteiger partial charge < -0.3 is 4.57 Å². The number of pyridine rings is 1. The van der Waals surface area contributed by atoms with Crippen LogP contribution in [-0.2, 0) is 6.54 Å². The van der Waals surface area contributed by atoms with Crippen LogP contribution < -0.4 is 5.56 Å². The first-order valence-corrected chi connectivity index (χ1v) is 7.96. The maximum Gasteiger partial charge on any atom is 0.259 e. The lowest BCUT2D eigenvalue weighted by Gasteiger charge is -2.13. The SMILES string of the molecule is O=c1c2cccc(F)c2c2c(F)cccc2n1Cc1cccs1. The maximum atomic E-state index is 14.4. The first-order chi connectivity index (χ1) is 11.2. The summed E-state index contributed by atoms with van der Waals surface area (Å²) >= 11 is 1.52. The van der Waals surface area contributed by atoms with Crippen molar-refractivity contribution in [2.45, 2.75) is 6.54 Å². The lowest BCUT2D eigenvalue weighted by molar-refractivity contribution is 0.630. The Hall–Kier alpha value is -2.53. The summed E-state index contributed by atoms with van der Waals surface area (Å²) in [5, 5.41) is 2.31. The van der Waals surface area contributed by atoms with Gasteiger partial charge in [0.25, 0.3) is 5.56 Å². The van der Waals surface area contributed by atoms with Gasteiger partial charge in [-0.1, -0.05) is 18.2 Å². The summed E-state index contributed by atoms with van der Waals surface area (Å²) in [6.45, 7) is 0.336. The number of fused-ring (bicyclic) bond motifs is 3. The second kappa shape index (κ2) is 5.28. The van der Waals surface area contributed by atoms with E-state index in [1.807, 2.05) is 17.5 Å². The Morgan fingerprint density at radius 1 is 0.913 bits per heavy atom. The molecule has 0 saturated carbocycles. The smallest absolute Gasteiger partial charge is 0.259 e. The van der Waals surface area contributed by atoms with Gasteiger partial charge in [-0.3, -0.25) is 4.79 Å². The van der Waals surface area contributed by atoms with Crippen molar-refractivity contribution < 1.29 is 8.78 Å². The third kappa shape index (κ3) is 2.16. The van der Waals surface area contributed by atoms with E-state index in [2.05, 4.69) is 0 Å². The zero-order valence-corrected chi connectivity index (χ0v) is 12.7. The minimum absolute atomic E-state index is 0.0491. The summed E-state index contributed by atoms with van der Waals surface area (Å²) in [4.78, 5) is 13.8. The number of hydrogen-bond acceptors (Lipinski definition) is 2. The van der Waals surface area contributed by atoms with Crippen molar-refractivity contribution in [1.82, 2.24) is 4.57 Å². The van der Waals surface area contributed by atoms with E-state index in [1.165, 1.54) is 46.2 Å². The minimum Gasteiger partial charge on any atom is -0.302 e. The van der Waals surface area contributed by atoms with E-state index in [4.69, 9.17) is 0 Å². The van der Waals surface area contributed by atoms with Gasteiger partial charge in [0.2, 0.25) is 0 Å². The molecule has 23 heavy (non-hydrogen) atoms. The number of hydrogen-bond donors (Lipinski definition) is 0. The van der Waals surface area contributed by atoms with E-state index in [9.17, 15) is 13.6 Å². The summed E-state index contributed by atoms with van der Waals surface area (Å²) in [6.07, 6.45) is 0. The zero-order chi connectivity index (χ0) is 16.0. The molecule has 0 fully saturated rings. The van der Waals surface area contributed by atoms with Gasteiger partial charge in [0, 0.05) is 15.6 Å². The molecule has 2 heterocycles. The van der Waals surface area contributed by atoms with E-state index in [0.717, 1.165) is 4.88 Å². The van der Waals surface area contributed by atoms with E-state index < -0.39 is 11.6 Å². The standard InChI is InChI=1S/C18H11F2NOS/c19-13-6-1-5-12-16(13)17-14(20)7-2-8-15(17)21(18(12)22)10-11-4-3-9-23-11/h1-9H,10H2. The number of nitrogens with zero attached hydrogens (tertiary/aromatic N) is 1. The fraction of sp³-hybridized carbons (Fsp3) is 0.0556. The van der Waals surface area contributed by atoms with Crippen LogP contribution in [0.15, 0.2) is 58.7 Å². The molecule has 4 aromatic rings. The molecular weight excluding hydrogens is 316 g/mol. The lowest BCUT2D eigenvalue weighted by atomic mass is 10.0. The van der Waals surface area contributed by atoms with Crippen molar-refractivity contribution in [3.05, 3.63) is 80.8 Å². The molecule has 2 aromatic carbocycles. The molecule has 0 spiro atoms. The minimum atomic E-state index is -0.585. The highest BCUT2D eigenvalue weighted by atomic mass is 32.1. The van der Waals surface area contributed by atoms with Crippen LogP contribution in [0.3, 0.4) is 0 Å². The van der Waals surface area contributed by atoms with Gasteiger partial charge in [0.05, 0.1) is 17.4 Å². The fourth-order valence-corrected chi connectivity index (χ4v) is 3.60. The second-order valence-electron chi connectivity index (χ2n) is 5.27. The van der Waals surface area contributed by atoms with Crippen LogP contribution in [0.1, 0.15) is 4.88 Å². The molecular formula is C18H11F2NOS. The third-order valence-electron chi connectivity index (χ3n) is 3.92. The summed E-state index contributed by atoms with van der Waals surface area (Å²) < 4.78 is 30.2. The molecule has 0 aliphatic carbocycles. The molecule has 5 heteroatoms. The van der Waals surface area contributed by atoms with E-state index in [1.54, 1.807) is 6.07 Å². The monoisotopic (exact) mass is 327 g/mol. The highest BCUT2D eigenvalue weighted by Gasteiger charge is 2.16. The summed E-state index contributed by atoms with van der Waals surface area (Å²) in [7, 11) is 0. The number of rotatable bonds is 2. The number of thiophene rings is 1. The van der Waals surface area contributed by atoms with Crippen LogP contribution in [0.25, 0.3) is 21.7 Å². The van der Waals surface area contributed by atoms with E-state index >= 15 is 0 Å². The Kier molecular flexibility index (Phi) is 3.23. The summed E-state index contributed by atoms with van der Waals surface area (Å²) in [6, 6.07) is 12.5. The quantitative estimate of drug-likeness (QED) is 0.495. The normalized spacial score (nSPS) is 11.4. The van der Waals surface area contributed by atoms with Crippen LogP contribution in [0, 0.1) is 11.6 Å². The Bertz CT molecular complexity index is 1080. The fourth-order valence-electron chi connectivity index (χ4n) is 2.91. The molecule has 0 radical (unpaired) electrons. The molecule has 0 amide bonds. The largest absolute Gasteiger partial charge is 0.302 e. The van der Waals surface area contributed by atoms with Crippen LogP contribution >= 0.6 is 11.3 Å². The van der Waals surface area contributed by atoms with Gasteiger partial charge in [0.15, 0.2) is 0 Å². The topological polar surface area (TPSA) is 22.0 Å². The van der Waals surface area contributed by atoms with Gasteiger partial charge in [-0.2, -0.15) is 0 Å². The van der Waals surface area contributed by atoms with Gasteiger partial charge in [-0.15, -0.1) is 11.3 Å². The molecule has 0 aliphatic heterocycles. The predicted octanol–water partition coefficient (Wildman–Crippen LogP) is 4.54. The Morgan fingerprint density at radius 2 is 1.65 bits per heavy atom. The van der Waals surface area contributed by atoms with Crippen molar-refractivity contribution in [2.75, 3.05) is 0 Å². The average Bonchev–Trinajstić information content (AvgIpc) is 3.05. The molecule has 4 rings (SSSR count). The van der Waals surface area contributed by atoms with Gasteiger partial charge in [-0.05, 0) is 35.7 Å². The highest BCUT2D eigenvalue weighted by molar-refractivity contribution is 7.09. The van der Waals surface area contributed by atoms with Crippen molar-refractivity contribution >= 4 is 33.0 Å². The molecule has 0 unspecified atom stereocenters. The number of aromatic nitrogens is 1. The van der Waals surface area contributed by atoms with Crippen molar-refractivity contribution in [2.24, 2.45) is 0 Å². The number of benzene rings is 2. The Morgan fingerprint density at radius 3 is 2.39 bits per heavy atom. The molecule has 0 atom stereocenters. The summed E-state index contributed by atoms with van der Waals surface area (Å²) in [5.41, 5.74) is 0.0898. The third-order valence-corrected chi connectivity index (χ3v) is 4.78. The Labute approximate surface area is 134 Å². The molecule has 0 aliphatic rings.